The Kier molecular flexibility index (Phi) is 4.25. The molecule has 1 atom stereocenters. The average molecular weight is 251 g/mol. The summed E-state index contributed by atoms with van der Waals surface area (Å²) in [7, 11) is 0. The number of rotatable bonds is 4. The number of aromatic nitrogens is 2. The van der Waals surface area contributed by atoms with E-state index in [2.05, 4.69) is 47.2 Å². The molecule has 0 amide bonds. The molecular weight excluding hydrogens is 234 g/mol. The van der Waals surface area contributed by atoms with E-state index in [1.807, 2.05) is 13.0 Å². The van der Waals surface area contributed by atoms with Crippen LogP contribution < -0.4 is 0 Å². The van der Waals surface area contributed by atoms with Crippen LogP contribution in [0.5, 0.6) is 0 Å². The van der Waals surface area contributed by atoms with Crippen LogP contribution in [0.15, 0.2) is 36.5 Å². The van der Waals surface area contributed by atoms with Crippen molar-refractivity contribution in [3.63, 3.8) is 0 Å². The lowest BCUT2D eigenvalue weighted by atomic mass is 10.1. The number of hydrogen-bond acceptors (Lipinski definition) is 3. The molecule has 0 bridgehead atoms. The van der Waals surface area contributed by atoms with Crippen LogP contribution >= 0.6 is 0 Å². The molecule has 0 aliphatic carbocycles. The van der Waals surface area contributed by atoms with Crippen LogP contribution in [0, 0.1) is 11.3 Å². The van der Waals surface area contributed by atoms with Crippen molar-refractivity contribution in [1.82, 2.24) is 9.97 Å². The van der Waals surface area contributed by atoms with Gasteiger partial charge in [-0.15, -0.1) is 0 Å². The molecule has 0 aliphatic rings. The topological polar surface area (TPSA) is 49.6 Å². The summed E-state index contributed by atoms with van der Waals surface area (Å²) < 4.78 is 0. The van der Waals surface area contributed by atoms with Crippen molar-refractivity contribution >= 4 is 0 Å². The minimum absolute atomic E-state index is 0.227. The zero-order valence-corrected chi connectivity index (χ0v) is 11.3. The molecule has 19 heavy (non-hydrogen) atoms. The predicted molar refractivity (Wildman–Crippen MR) is 75.5 cm³/mol. The first-order valence-electron chi connectivity index (χ1n) is 6.60. The van der Waals surface area contributed by atoms with Crippen molar-refractivity contribution in [1.29, 1.82) is 5.26 Å². The first-order valence-corrected chi connectivity index (χ1v) is 6.60. The Bertz CT molecular complexity index is 582. The Morgan fingerprint density at radius 2 is 1.89 bits per heavy atom. The third-order valence-electron chi connectivity index (χ3n) is 3.21. The van der Waals surface area contributed by atoms with Gasteiger partial charge in [0.15, 0.2) is 0 Å². The van der Waals surface area contributed by atoms with Gasteiger partial charge in [0.05, 0.1) is 11.8 Å². The lowest BCUT2D eigenvalue weighted by Gasteiger charge is -2.07. The highest BCUT2D eigenvalue weighted by molar-refractivity contribution is 5.59. The molecule has 3 heteroatoms. The van der Waals surface area contributed by atoms with Crippen LogP contribution in [0.25, 0.3) is 11.3 Å². The third kappa shape index (κ3) is 2.97. The van der Waals surface area contributed by atoms with Gasteiger partial charge in [-0.1, -0.05) is 38.1 Å². The van der Waals surface area contributed by atoms with Crippen molar-refractivity contribution in [2.45, 2.75) is 32.6 Å². The van der Waals surface area contributed by atoms with Gasteiger partial charge in [-0.2, -0.15) is 5.26 Å². The highest BCUT2D eigenvalue weighted by Gasteiger charge is 2.12. The molecule has 0 N–H and O–H groups in total. The van der Waals surface area contributed by atoms with Crippen molar-refractivity contribution in [2.75, 3.05) is 0 Å². The lowest BCUT2D eigenvalue weighted by Crippen LogP contribution is -2.02. The minimum atomic E-state index is -0.227. The molecule has 1 aromatic heterocycles. The first-order chi connectivity index (χ1) is 9.28. The molecule has 0 aliphatic heterocycles. The normalized spacial score (nSPS) is 11.8. The molecule has 0 saturated heterocycles. The Morgan fingerprint density at radius 1 is 1.16 bits per heavy atom. The molecule has 1 unspecified atom stereocenters. The second-order valence-electron chi connectivity index (χ2n) is 4.44. The number of hydrogen-bond donors (Lipinski definition) is 0. The zero-order chi connectivity index (χ0) is 13.7. The fraction of sp³-hybridized carbons (Fsp3) is 0.312. The van der Waals surface area contributed by atoms with E-state index in [0.29, 0.717) is 5.82 Å². The fourth-order valence-corrected chi connectivity index (χ4v) is 1.95. The van der Waals surface area contributed by atoms with E-state index in [4.69, 9.17) is 5.26 Å². The van der Waals surface area contributed by atoms with Crippen molar-refractivity contribution in [3.05, 3.63) is 47.9 Å². The second kappa shape index (κ2) is 6.10. The van der Waals surface area contributed by atoms with E-state index in [1.165, 1.54) is 5.56 Å². The summed E-state index contributed by atoms with van der Waals surface area (Å²) in [6.45, 7) is 4.11. The van der Waals surface area contributed by atoms with Crippen LogP contribution in [0.3, 0.4) is 0 Å². The van der Waals surface area contributed by atoms with Crippen LogP contribution in [0.4, 0.5) is 0 Å². The smallest absolute Gasteiger partial charge is 0.146 e. The quantitative estimate of drug-likeness (QED) is 0.832. The van der Waals surface area contributed by atoms with Crippen LogP contribution in [-0.2, 0) is 6.42 Å². The SMILES string of the molecule is CCc1ccc(-c2ccnc(C(C#N)CC)n2)cc1. The van der Waals surface area contributed by atoms with Gasteiger partial charge in [0.25, 0.3) is 0 Å². The Morgan fingerprint density at radius 3 is 2.47 bits per heavy atom. The number of benzene rings is 1. The van der Waals surface area contributed by atoms with E-state index < -0.39 is 0 Å². The molecule has 96 valence electrons. The summed E-state index contributed by atoms with van der Waals surface area (Å²) in [4.78, 5) is 8.71. The summed E-state index contributed by atoms with van der Waals surface area (Å²) >= 11 is 0. The summed E-state index contributed by atoms with van der Waals surface area (Å²) in [5, 5.41) is 9.08. The van der Waals surface area contributed by atoms with Gasteiger partial charge in [-0.3, -0.25) is 0 Å². The van der Waals surface area contributed by atoms with Crippen LogP contribution in [0.1, 0.15) is 37.6 Å². The third-order valence-corrected chi connectivity index (χ3v) is 3.21. The van der Waals surface area contributed by atoms with Crippen molar-refractivity contribution in [3.8, 4) is 17.3 Å². The van der Waals surface area contributed by atoms with Crippen molar-refractivity contribution in [2.24, 2.45) is 0 Å². The maximum absolute atomic E-state index is 9.08. The molecule has 3 nitrogen and oxygen atoms in total. The van der Waals surface area contributed by atoms with Crippen LogP contribution in [0.2, 0.25) is 0 Å². The largest absolute Gasteiger partial charge is 0.240 e. The molecule has 1 aromatic carbocycles. The van der Waals surface area contributed by atoms with Gasteiger partial charge < -0.3 is 0 Å². The Hall–Kier alpha value is -2.21. The Balaban J connectivity index is 2.34. The van der Waals surface area contributed by atoms with E-state index >= 15 is 0 Å². The molecule has 0 radical (unpaired) electrons. The Labute approximate surface area is 114 Å². The highest BCUT2D eigenvalue weighted by Crippen LogP contribution is 2.20. The molecule has 2 rings (SSSR count). The second-order valence-corrected chi connectivity index (χ2v) is 4.44. The summed E-state index contributed by atoms with van der Waals surface area (Å²) in [5.74, 6) is 0.386. The van der Waals surface area contributed by atoms with Gasteiger partial charge in [-0.25, -0.2) is 9.97 Å². The summed E-state index contributed by atoms with van der Waals surface area (Å²) in [5.41, 5.74) is 3.25. The molecule has 2 aromatic rings. The monoisotopic (exact) mass is 251 g/mol. The fourth-order valence-electron chi connectivity index (χ4n) is 1.95. The molecule has 1 heterocycles. The van der Waals surface area contributed by atoms with Gasteiger partial charge in [0, 0.05) is 11.8 Å². The first kappa shape index (κ1) is 13.2. The average Bonchev–Trinajstić information content (AvgIpc) is 2.49. The van der Waals surface area contributed by atoms with E-state index in [1.54, 1.807) is 6.20 Å². The molecule has 0 spiro atoms. The lowest BCUT2D eigenvalue weighted by molar-refractivity contribution is 0.752. The summed E-state index contributed by atoms with van der Waals surface area (Å²) in [6, 6.07) is 12.5. The predicted octanol–water partition coefficient (Wildman–Crippen LogP) is 3.72. The summed E-state index contributed by atoms with van der Waals surface area (Å²) in [6.07, 6.45) is 3.49. The molecule has 0 saturated carbocycles. The maximum atomic E-state index is 9.08. The van der Waals surface area contributed by atoms with Crippen molar-refractivity contribution < 1.29 is 0 Å². The zero-order valence-electron chi connectivity index (χ0n) is 11.3. The standard InChI is InChI=1S/C16H17N3/c1-3-12-5-7-14(8-6-12)15-9-10-18-16(19-15)13(4-2)11-17/h5-10,13H,3-4H2,1-2H3. The molecule has 0 fully saturated rings. The molecular formula is C16H17N3. The van der Waals surface area contributed by atoms with Gasteiger partial charge in [0.1, 0.15) is 11.7 Å². The van der Waals surface area contributed by atoms with E-state index in [0.717, 1.165) is 24.1 Å². The van der Waals surface area contributed by atoms with Gasteiger partial charge in [-0.05, 0) is 24.5 Å². The van der Waals surface area contributed by atoms with E-state index in [-0.39, 0.29) is 5.92 Å². The van der Waals surface area contributed by atoms with Gasteiger partial charge >= 0.3 is 0 Å². The number of nitrogens with zero attached hydrogens (tertiary/aromatic N) is 3. The van der Waals surface area contributed by atoms with E-state index in [9.17, 15) is 0 Å². The number of aryl methyl sites for hydroxylation is 1. The highest BCUT2D eigenvalue weighted by atomic mass is 14.9. The minimum Gasteiger partial charge on any atom is -0.240 e. The maximum Gasteiger partial charge on any atom is 0.146 e. The van der Waals surface area contributed by atoms with Gasteiger partial charge in [0.2, 0.25) is 0 Å². The van der Waals surface area contributed by atoms with Crippen LogP contribution in [-0.4, -0.2) is 9.97 Å². The number of nitriles is 1.